The van der Waals surface area contributed by atoms with Gasteiger partial charge in [0.1, 0.15) is 48.8 Å². The molecule has 3 fully saturated rings. The first-order valence-electron chi connectivity index (χ1n) is 12.4. The molecule has 9 N–H and O–H groups in total. The second-order valence-electron chi connectivity index (χ2n) is 10.4. The van der Waals surface area contributed by atoms with E-state index in [0.717, 1.165) is 13.4 Å². The summed E-state index contributed by atoms with van der Waals surface area (Å²) in [5.74, 6) is -2.76. The van der Waals surface area contributed by atoms with E-state index in [1.54, 1.807) is 0 Å². The van der Waals surface area contributed by atoms with Gasteiger partial charge in [0.25, 0.3) is 0 Å². The molecule has 1 saturated carbocycles. The first-order valence-corrected chi connectivity index (χ1v) is 12.4. The average molecular weight is 569 g/mol. The van der Waals surface area contributed by atoms with Crippen molar-refractivity contribution in [3.05, 3.63) is 11.8 Å². The second kappa shape index (κ2) is 11.8. The Kier molecular flexibility index (Phi) is 9.19. The fourth-order valence-electron chi connectivity index (χ4n) is 5.70. The fourth-order valence-corrected chi connectivity index (χ4v) is 5.70. The maximum Gasteiger partial charge on any atom is 0.337 e. The van der Waals surface area contributed by atoms with Crippen LogP contribution < -0.4 is 0 Å². The van der Waals surface area contributed by atoms with Gasteiger partial charge in [-0.25, -0.2) is 4.79 Å². The summed E-state index contributed by atoms with van der Waals surface area (Å²) in [6, 6.07) is 0. The van der Waals surface area contributed by atoms with Gasteiger partial charge in [0.15, 0.2) is 12.6 Å². The van der Waals surface area contributed by atoms with Gasteiger partial charge in [-0.15, -0.1) is 0 Å². The van der Waals surface area contributed by atoms with Crippen LogP contribution in [0.15, 0.2) is 11.8 Å². The Morgan fingerprint density at radius 1 is 0.897 bits per heavy atom. The van der Waals surface area contributed by atoms with Crippen LogP contribution in [0, 0.1) is 11.8 Å². The summed E-state index contributed by atoms with van der Waals surface area (Å²) in [6.45, 7) is -0.106. The summed E-state index contributed by atoms with van der Waals surface area (Å²) in [5.41, 5.74) is -1.62. The minimum absolute atomic E-state index is 0.0287. The molecule has 39 heavy (non-hydrogen) atoms. The Hall–Kier alpha value is -1.51. The number of methoxy groups -OCH3 is 1. The lowest BCUT2D eigenvalue weighted by Crippen LogP contribution is -2.65. The normalized spacial score (nSPS) is 50.1. The van der Waals surface area contributed by atoms with Gasteiger partial charge in [-0.3, -0.25) is 0 Å². The molecule has 15 unspecified atom stereocenters. The van der Waals surface area contributed by atoms with Gasteiger partial charge < -0.3 is 74.4 Å². The SMILES string of the molecule is COC(=O)C1=COC(OC2OC(CO)C(OC3OC(CO)C(O)C(O)C3O)C(O)C2O)C2C1C(O)CC2(C)O. The summed E-state index contributed by atoms with van der Waals surface area (Å²) in [4.78, 5) is 12.2. The lowest BCUT2D eigenvalue weighted by atomic mass is 9.80. The highest BCUT2D eigenvalue weighted by molar-refractivity contribution is 5.89. The maximum absolute atomic E-state index is 12.2. The van der Waals surface area contributed by atoms with E-state index in [0.29, 0.717) is 0 Å². The minimum Gasteiger partial charge on any atom is -0.471 e. The smallest absolute Gasteiger partial charge is 0.337 e. The molecule has 16 heteroatoms. The number of hydrogen-bond donors (Lipinski definition) is 9. The predicted molar refractivity (Wildman–Crippen MR) is 121 cm³/mol. The third-order valence-corrected chi connectivity index (χ3v) is 7.77. The van der Waals surface area contributed by atoms with Gasteiger partial charge in [0.2, 0.25) is 6.29 Å². The summed E-state index contributed by atoms with van der Waals surface area (Å²) in [5, 5.41) is 92.7. The van der Waals surface area contributed by atoms with Crippen molar-refractivity contribution in [1.29, 1.82) is 0 Å². The first-order chi connectivity index (χ1) is 18.4. The zero-order chi connectivity index (χ0) is 28.8. The lowest BCUT2D eigenvalue weighted by Gasteiger charge is -2.47. The van der Waals surface area contributed by atoms with Crippen LogP contribution in [0.3, 0.4) is 0 Å². The maximum atomic E-state index is 12.2. The molecule has 0 aromatic heterocycles. The van der Waals surface area contributed by atoms with E-state index in [1.807, 2.05) is 0 Å². The van der Waals surface area contributed by atoms with Crippen molar-refractivity contribution >= 4 is 5.97 Å². The molecule has 1 aliphatic carbocycles. The van der Waals surface area contributed by atoms with Gasteiger partial charge in [0, 0.05) is 12.3 Å². The Morgan fingerprint density at radius 3 is 2.10 bits per heavy atom. The zero-order valence-electron chi connectivity index (χ0n) is 21.2. The Bertz CT molecular complexity index is 893. The molecule has 224 valence electrons. The third kappa shape index (κ3) is 5.54. The monoisotopic (exact) mass is 568 g/mol. The Labute approximate surface area is 222 Å². The van der Waals surface area contributed by atoms with E-state index < -0.39 is 110 Å². The van der Waals surface area contributed by atoms with Crippen LogP contribution >= 0.6 is 0 Å². The van der Waals surface area contributed by atoms with Gasteiger partial charge in [0.05, 0.1) is 49.8 Å². The van der Waals surface area contributed by atoms with Crippen molar-refractivity contribution in [1.82, 2.24) is 0 Å². The summed E-state index contributed by atoms with van der Waals surface area (Å²) >= 11 is 0. The van der Waals surface area contributed by atoms with Crippen molar-refractivity contribution < 1.29 is 79.2 Å². The number of hydrogen-bond acceptors (Lipinski definition) is 16. The van der Waals surface area contributed by atoms with Crippen LogP contribution in [-0.2, 0) is 33.2 Å². The molecule has 0 aromatic carbocycles. The van der Waals surface area contributed by atoms with Gasteiger partial charge in [-0.1, -0.05) is 0 Å². The van der Waals surface area contributed by atoms with Crippen LogP contribution in [0.4, 0.5) is 0 Å². The van der Waals surface area contributed by atoms with Crippen molar-refractivity contribution in [3.63, 3.8) is 0 Å². The highest BCUT2D eigenvalue weighted by Gasteiger charge is 2.60. The minimum atomic E-state index is -1.85. The molecule has 0 amide bonds. The zero-order valence-corrected chi connectivity index (χ0v) is 21.2. The number of rotatable bonds is 7. The molecule has 2 saturated heterocycles. The molecule has 15 atom stereocenters. The largest absolute Gasteiger partial charge is 0.471 e. The topological polar surface area (TPSA) is 255 Å². The molecule has 0 spiro atoms. The molecule has 0 aromatic rings. The number of ether oxygens (including phenoxy) is 6. The number of carbonyl (C=O) groups is 1. The van der Waals surface area contributed by atoms with Crippen molar-refractivity contribution in [2.45, 2.75) is 92.8 Å². The molecule has 4 aliphatic rings. The number of aliphatic hydroxyl groups excluding tert-OH is 8. The first kappa shape index (κ1) is 30.4. The molecule has 3 aliphatic heterocycles. The lowest BCUT2D eigenvalue weighted by molar-refractivity contribution is -0.376. The predicted octanol–water partition coefficient (Wildman–Crippen LogP) is -5.21. The number of esters is 1. The fraction of sp³-hybridized carbons (Fsp3) is 0.870. The summed E-state index contributed by atoms with van der Waals surface area (Å²) < 4.78 is 32.4. The van der Waals surface area contributed by atoms with E-state index >= 15 is 0 Å². The van der Waals surface area contributed by atoms with Gasteiger partial charge in [-0.2, -0.15) is 0 Å². The molecule has 3 heterocycles. The Balaban J connectivity index is 1.50. The molecular formula is C23H36O16. The molecule has 0 bridgehead atoms. The third-order valence-electron chi connectivity index (χ3n) is 7.77. The summed E-state index contributed by atoms with van der Waals surface area (Å²) in [6.07, 6.45) is -18.2. The van der Waals surface area contributed by atoms with Crippen LogP contribution in [0.2, 0.25) is 0 Å². The van der Waals surface area contributed by atoms with E-state index in [2.05, 4.69) is 0 Å². The quantitative estimate of drug-likeness (QED) is 0.130. The molecule has 16 nitrogen and oxygen atoms in total. The van der Waals surface area contributed by atoms with E-state index in [1.165, 1.54) is 6.92 Å². The highest BCUT2D eigenvalue weighted by atomic mass is 16.8. The van der Waals surface area contributed by atoms with E-state index in [4.69, 9.17) is 28.4 Å². The van der Waals surface area contributed by atoms with Crippen LogP contribution in [0.1, 0.15) is 13.3 Å². The molecule has 0 radical (unpaired) electrons. The van der Waals surface area contributed by atoms with Crippen molar-refractivity contribution in [3.8, 4) is 0 Å². The van der Waals surface area contributed by atoms with Crippen LogP contribution in [0.25, 0.3) is 0 Å². The van der Waals surface area contributed by atoms with Crippen molar-refractivity contribution in [2.24, 2.45) is 11.8 Å². The van der Waals surface area contributed by atoms with Gasteiger partial charge >= 0.3 is 5.97 Å². The number of fused-ring (bicyclic) bond motifs is 1. The van der Waals surface area contributed by atoms with E-state index in [9.17, 15) is 50.8 Å². The van der Waals surface area contributed by atoms with Crippen molar-refractivity contribution in [2.75, 3.05) is 20.3 Å². The molecular weight excluding hydrogens is 532 g/mol. The standard InChI is InChI=1S/C23H36O16/c1-23(33)3-8(26)11-7(19(32)34-2)6-35-20(12(11)23)39-22-17(31)15(29)18(10(5-25)37-22)38-21-16(30)14(28)13(27)9(4-24)36-21/h6,8-18,20-22,24-31,33H,3-5H2,1-2H3. The second-order valence-corrected chi connectivity index (χ2v) is 10.4. The number of aliphatic hydroxyl groups is 9. The van der Waals surface area contributed by atoms with Crippen LogP contribution in [0.5, 0.6) is 0 Å². The highest BCUT2D eigenvalue weighted by Crippen LogP contribution is 2.49. The average Bonchev–Trinajstić information content (AvgIpc) is 3.16. The van der Waals surface area contributed by atoms with E-state index in [-0.39, 0.29) is 12.0 Å². The number of carbonyl (C=O) groups excluding carboxylic acids is 1. The summed E-state index contributed by atoms with van der Waals surface area (Å²) in [7, 11) is 1.14. The molecule has 4 rings (SSSR count). The van der Waals surface area contributed by atoms with Gasteiger partial charge in [-0.05, 0) is 6.92 Å². The van der Waals surface area contributed by atoms with Crippen LogP contribution in [-0.4, -0.2) is 152 Å². The Morgan fingerprint density at radius 2 is 1.49 bits per heavy atom.